The van der Waals surface area contributed by atoms with Crippen molar-refractivity contribution in [2.75, 3.05) is 6.61 Å². The maximum atomic E-state index is 13.4. The lowest BCUT2D eigenvalue weighted by atomic mass is 9.99. The Morgan fingerprint density at radius 3 is 2.58 bits per heavy atom. The number of carboxylic acids is 1. The highest BCUT2D eigenvalue weighted by atomic mass is 19.3. The Bertz CT molecular complexity index is 1040. The first-order valence-electron chi connectivity index (χ1n) is 10.1. The average Bonchev–Trinajstić information content (AvgIpc) is 3.09. The Morgan fingerprint density at radius 2 is 1.94 bits per heavy atom. The molecule has 0 saturated carbocycles. The molecule has 3 rings (SSSR count). The second kappa shape index (κ2) is 9.29. The van der Waals surface area contributed by atoms with Crippen molar-refractivity contribution in [2.45, 2.75) is 45.5 Å². The van der Waals surface area contributed by atoms with E-state index in [1.54, 1.807) is 35.0 Å². The van der Waals surface area contributed by atoms with Crippen molar-refractivity contribution in [3.05, 3.63) is 77.1 Å². The van der Waals surface area contributed by atoms with Gasteiger partial charge in [0.25, 0.3) is 5.92 Å². The van der Waals surface area contributed by atoms with Crippen molar-refractivity contribution in [3.63, 3.8) is 0 Å². The highest BCUT2D eigenvalue weighted by Gasteiger charge is 2.24. The molecule has 0 spiro atoms. The van der Waals surface area contributed by atoms with E-state index in [9.17, 15) is 13.6 Å². The monoisotopic (exact) mass is 428 g/mol. The van der Waals surface area contributed by atoms with Gasteiger partial charge in [-0.1, -0.05) is 31.2 Å². The molecule has 5 nitrogen and oxygen atoms in total. The van der Waals surface area contributed by atoms with Crippen molar-refractivity contribution in [3.8, 4) is 11.4 Å². The van der Waals surface area contributed by atoms with Gasteiger partial charge in [-0.15, -0.1) is 0 Å². The van der Waals surface area contributed by atoms with E-state index in [1.807, 2.05) is 19.2 Å². The normalized spacial score (nSPS) is 12.5. The zero-order valence-electron chi connectivity index (χ0n) is 17.8. The number of ether oxygens (including phenoxy) is 1. The summed E-state index contributed by atoms with van der Waals surface area (Å²) in [4.78, 5) is 10.9. The van der Waals surface area contributed by atoms with Gasteiger partial charge in [-0.3, -0.25) is 4.79 Å². The third-order valence-corrected chi connectivity index (χ3v) is 5.18. The zero-order chi connectivity index (χ0) is 22.6. The Hall–Kier alpha value is -3.22. The van der Waals surface area contributed by atoms with E-state index in [0.29, 0.717) is 17.9 Å². The minimum atomic E-state index is -2.87. The second-order valence-corrected chi connectivity index (χ2v) is 7.81. The van der Waals surface area contributed by atoms with Gasteiger partial charge in [0.2, 0.25) is 0 Å². The van der Waals surface area contributed by atoms with E-state index in [-0.39, 0.29) is 17.9 Å². The Kier molecular flexibility index (Phi) is 6.73. The SMILES string of the molecule is Cc1nn(-c2ccc(C(C)(F)F)cc2)cc1C(C)CCOc1cccc(CC(=O)O)c1. The minimum Gasteiger partial charge on any atom is -0.494 e. The van der Waals surface area contributed by atoms with Gasteiger partial charge >= 0.3 is 5.97 Å². The number of hydrogen-bond donors (Lipinski definition) is 1. The summed E-state index contributed by atoms with van der Waals surface area (Å²) in [7, 11) is 0. The highest BCUT2D eigenvalue weighted by Crippen LogP contribution is 2.28. The van der Waals surface area contributed by atoms with Crippen LogP contribution >= 0.6 is 0 Å². The Balaban J connectivity index is 1.62. The number of alkyl halides is 2. The molecule has 0 amide bonds. The van der Waals surface area contributed by atoms with Crippen molar-refractivity contribution in [1.29, 1.82) is 0 Å². The lowest BCUT2D eigenvalue weighted by Crippen LogP contribution is -2.07. The average molecular weight is 428 g/mol. The van der Waals surface area contributed by atoms with Crippen molar-refractivity contribution >= 4 is 5.97 Å². The first-order chi connectivity index (χ1) is 14.6. The number of carbonyl (C=O) groups is 1. The van der Waals surface area contributed by atoms with E-state index in [1.165, 1.54) is 12.1 Å². The van der Waals surface area contributed by atoms with Crippen LogP contribution in [0.4, 0.5) is 8.78 Å². The fourth-order valence-corrected chi connectivity index (χ4v) is 3.43. The molecule has 1 aromatic heterocycles. The number of halogens is 2. The first kappa shape index (κ1) is 22.5. The van der Waals surface area contributed by atoms with Crippen LogP contribution < -0.4 is 4.74 Å². The van der Waals surface area contributed by atoms with Gasteiger partial charge in [-0.2, -0.15) is 5.10 Å². The van der Waals surface area contributed by atoms with Gasteiger partial charge in [0.15, 0.2) is 0 Å². The van der Waals surface area contributed by atoms with Gasteiger partial charge in [-0.25, -0.2) is 13.5 Å². The third-order valence-electron chi connectivity index (χ3n) is 5.18. The number of carboxylic acid groups (broad SMARTS) is 1. The molecule has 0 saturated heterocycles. The van der Waals surface area contributed by atoms with Crippen LogP contribution in [0.15, 0.2) is 54.7 Å². The number of hydrogen-bond acceptors (Lipinski definition) is 3. The molecule has 0 aliphatic rings. The molecule has 164 valence electrons. The maximum Gasteiger partial charge on any atom is 0.307 e. The van der Waals surface area contributed by atoms with Crippen LogP contribution in [0.2, 0.25) is 0 Å². The summed E-state index contributed by atoms with van der Waals surface area (Å²) in [6.45, 7) is 5.36. The van der Waals surface area contributed by atoms with Crippen LogP contribution in [0.5, 0.6) is 5.75 Å². The van der Waals surface area contributed by atoms with E-state index in [2.05, 4.69) is 12.0 Å². The number of nitrogens with zero attached hydrogens (tertiary/aromatic N) is 2. The minimum absolute atomic E-state index is 0.0294. The third kappa shape index (κ3) is 5.90. The van der Waals surface area contributed by atoms with E-state index < -0.39 is 11.9 Å². The second-order valence-electron chi connectivity index (χ2n) is 7.81. The predicted molar refractivity (Wildman–Crippen MR) is 114 cm³/mol. The number of aromatic nitrogens is 2. The number of aliphatic carboxylic acids is 1. The fourth-order valence-electron chi connectivity index (χ4n) is 3.43. The van der Waals surface area contributed by atoms with Crippen molar-refractivity contribution in [2.24, 2.45) is 0 Å². The van der Waals surface area contributed by atoms with Crippen LogP contribution in [-0.4, -0.2) is 27.5 Å². The Labute approximate surface area is 180 Å². The van der Waals surface area contributed by atoms with Crippen LogP contribution in [-0.2, 0) is 17.1 Å². The maximum absolute atomic E-state index is 13.4. The molecule has 0 radical (unpaired) electrons. The van der Waals surface area contributed by atoms with E-state index in [0.717, 1.165) is 30.3 Å². The molecule has 1 heterocycles. The number of benzene rings is 2. The first-order valence-corrected chi connectivity index (χ1v) is 10.1. The van der Waals surface area contributed by atoms with Gasteiger partial charge < -0.3 is 9.84 Å². The number of rotatable bonds is 9. The standard InChI is InChI=1S/C24H26F2N2O3/c1-16(11-12-31-21-6-4-5-18(13-21)14-23(29)30)22-15-28(27-17(22)2)20-9-7-19(8-10-20)24(3,25)26/h4-10,13,15-16H,11-12,14H2,1-3H3,(H,29,30). The molecule has 2 aromatic carbocycles. The molecule has 0 bridgehead atoms. The molecule has 0 aliphatic carbocycles. The highest BCUT2D eigenvalue weighted by molar-refractivity contribution is 5.70. The van der Waals surface area contributed by atoms with E-state index in [4.69, 9.17) is 9.84 Å². The van der Waals surface area contributed by atoms with Gasteiger partial charge in [0.05, 0.1) is 24.4 Å². The molecule has 1 N–H and O–H groups in total. The lowest BCUT2D eigenvalue weighted by Gasteiger charge is -2.12. The summed E-state index contributed by atoms with van der Waals surface area (Å²) in [6, 6.07) is 13.2. The lowest BCUT2D eigenvalue weighted by molar-refractivity contribution is -0.136. The predicted octanol–water partition coefficient (Wildman–Crippen LogP) is 5.49. The molecular weight excluding hydrogens is 402 g/mol. The van der Waals surface area contributed by atoms with Crippen LogP contribution in [0, 0.1) is 6.92 Å². The molecule has 0 aliphatic heterocycles. The van der Waals surface area contributed by atoms with Crippen molar-refractivity contribution < 1.29 is 23.4 Å². The summed E-state index contributed by atoms with van der Waals surface area (Å²) in [5.41, 5.74) is 3.33. The fraction of sp³-hybridized carbons (Fsp3) is 0.333. The largest absolute Gasteiger partial charge is 0.494 e. The summed E-state index contributed by atoms with van der Waals surface area (Å²) >= 11 is 0. The molecule has 1 unspecified atom stereocenters. The summed E-state index contributed by atoms with van der Waals surface area (Å²) in [5, 5.41) is 13.4. The van der Waals surface area contributed by atoms with Gasteiger partial charge in [0, 0.05) is 18.7 Å². The number of aryl methyl sites for hydroxylation is 1. The molecule has 0 fully saturated rings. The topological polar surface area (TPSA) is 64.4 Å². The summed E-state index contributed by atoms with van der Waals surface area (Å²) < 4.78 is 34.4. The van der Waals surface area contributed by atoms with E-state index >= 15 is 0 Å². The van der Waals surface area contributed by atoms with Crippen LogP contribution in [0.3, 0.4) is 0 Å². The molecular formula is C24H26F2N2O3. The van der Waals surface area contributed by atoms with Crippen LogP contribution in [0.25, 0.3) is 5.69 Å². The molecule has 3 aromatic rings. The molecule has 7 heteroatoms. The summed E-state index contributed by atoms with van der Waals surface area (Å²) in [5.74, 6) is -2.93. The quantitative estimate of drug-likeness (QED) is 0.489. The van der Waals surface area contributed by atoms with Gasteiger partial charge in [0.1, 0.15) is 5.75 Å². The van der Waals surface area contributed by atoms with Crippen molar-refractivity contribution in [1.82, 2.24) is 9.78 Å². The Morgan fingerprint density at radius 1 is 1.23 bits per heavy atom. The van der Waals surface area contributed by atoms with Gasteiger partial charge in [-0.05, 0) is 54.7 Å². The zero-order valence-corrected chi connectivity index (χ0v) is 17.8. The molecule has 1 atom stereocenters. The molecule has 31 heavy (non-hydrogen) atoms. The summed E-state index contributed by atoms with van der Waals surface area (Å²) in [6.07, 6.45) is 2.63. The smallest absolute Gasteiger partial charge is 0.307 e. The van der Waals surface area contributed by atoms with Crippen LogP contribution in [0.1, 0.15) is 48.6 Å².